The highest BCUT2D eigenvalue weighted by atomic mass is 16.5. The maximum atomic E-state index is 12.2. The van der Waals surface area contributed by atoms with Crippen molar-refractivity contribution >= 4 is 5.91 Å². The molecule has 21 heavy (non-hydrogen) atoms. The molecule has 0 aliphatic heterocycles. The van der Waals surface area contributed by atoms with Gasteiger partial charge >= 0.3 is 0 Å². The maximum Gasteiger partial charge on any atom is 0.222 e. The Labute approximate surface area is 127 Å². The number of carbonyl (C=O) groups excluding carboxylic acids is 1. The number of ether oxygens (including phenoxy) is 1. The molecule has 0 bridgehead atoms. The molecule has 1 atom stereocenters. The highest BCUT2D eigenvalue weighted by molar-refractivity contribution is 5.77. The zero-order valence-corrected chi connectivity index (χ0v) is 13.2. The Kier molecular flexibility index (Phi) is 4.88. The average Bonchev–Trinajstić information content (AvgIpc) is 2.84. The number of benzene rings is 1. The van der Waals surface area contributed by atoms with Gasteiger partial charge in [0.25, 0.3) is 0 Å². The summed E-state index contributed by atoms with van der Waals surface area (Å²) in [5, 5.41) is 3.05. The fraction of sp³-hybridized carbons (Fsp3) is 0.588. The molecule has 1 amide bonds. The summed E-state index contributed by atoms with van der Waals surface area (Å²) in [6.45, 7) is 4.01. The van der Waals surface area contributed by atoms with E-state index < -0.39 is 0 Å². The topological polar surface area (TPSA) is 64.3 Å². The molecule has 1 fully saturated rings. The number of rotatable bonds is 5. The van der Waals surface area contributed by atoms with Gasteiger partial charge in [-0.15, -0.1) is 0 Å². The van der Waals surface area contributed by atoms with E-state index in [0.29, 0.717) is 6.42 Å². The zero-order valence-electron chi connectivity index (χ0n) is 13.2. The standard InChI is InChI=1S/C17H26N2O2/c1-12-6-7-15(21-3)14(10-12)13(2)19-16(20)11-17(18)8-4-5-9-17/h6-7,10,13H,4-5,8-9,11,18H2,1-3H3,(H,19,20). The van der Waals surface area contributed by atoms with E-state index in [0.717, 1.165) is 42.6 Å². The SMILES string of the molecule is COc1ccc(C)cc1C(C)NC(=O)CC1(N)CCCC1. The number of nitrogens with two attached hydrogens (primary N) is 1. The number of methoxy groups -OCH3 is 1. The number of aryl methyl sites for hydroxylation is 1. The Balaban J connectivity index is 2.02. The minimum atomic E-state index is -0.305. The van der Waals surface area contributed by atoms with Crippen LogP contribution in [-0.2, 0) is 4.79 Å². The summed E-state index contributed by atoms with van der Waals surface area (Å²) in [7, 11) is 1.65. The summed E-state index contributed by atoms with van der Waals surface area (Å²) in [4.78, 5) is 12.2. The lowest BCUT2D eigenvalue weighted by molar-refractivity contribution is -0.122. The first-order valence-electron chi connectivity index (χ1n) is 7.66. The molecule has 1 aromatic carbocycles. The first-order valence-corrected chi connectivity index (χ1v) is 7.66. The Hall–Kier alpha value is -1.55. The van der Waals surface area contributed by atoms with Crippen molar-refractivity contribution in [3.63, 3.8) is 0 Å². The van der Waals surface area contributed by atoms with Gasteiger partial charge in [-0.1, -0.05) is 30.5 Å². The minimum Gasteiger partial charge on any atom is -0.496 e. The third kappa shape index (κ3) is 3.97. The molecule has 0 spiro atoms. The lowest BCUT2D eigenvalue weighted by Crippen LogP contribution is -2.42. The van der Waals surface area contributed by atoms with Crippen molar-refractivity contribution in [3.8, 4) is 5.75 Å². The van der Waals surface area contributed by atoms with E-state index in [9.17, 15) is 4.79 Å². The van der Waals surface area contributed by atoms with E-state index in [1.54, 1.807) is 7.11 Å². The van der Waals surface area contributed by atoms with E-state index in [1.165, 1.54) is 0 Å². The van der Waals surface area contributed by atoms with Crippen molar-refractivity contribution in [2.45, 2.75) is 57.5 Å². The predicted molar refractivity (Wildman–Crippen MR) is 84.3 cm³/mol. The highest BCUT2D eigenvalue weighted by Crippen LogP contribution is 2.31. The van der Waals surface area contributed by atoms with Crippen molar-refractivity contribution in [2.24, 2.45) is 5.73 Å². The average molecular weight is 290 g/mol. The van der Waals surface area contributed by atoms with Crippen molar-refractivity contribution in [1.29, 1.82) is 0 Å². The third-order valence-electron chi connectivity index (χ3n) is 4.34. The van der Waals surface area contributed by atoms with Crippen LogP contribution in [0.3, 0.4) is 0 Å². The van der Waals surface area contributed by atoms with Crippen LogP contribution >= 0.6 is 0 Å². The number of carbonyl (C=O) groups is 1. The Morgan fingerprint density at radius 3 is 2.71 bits per heavy atom. The molecule has 2 rings (SSSR count). The van der Waals surface area contributed by atoms with Gasteiger partial charge in [-0.05, 0) is 32.8 Å². The number of hydrogen-bond acceptors (Lipinski definition) is 3. The lowest BCUT2D eigenvalue weighted by Gasteiger charge is -2.24. The molecule has 0 aromatic heterocycles. The molecular formula is C17H26N2O2. The maximum absolute atomic E-state index is 12.2. The molecule has 1 unspecified atom stereocenters. The second-order valence-electron chi connectivity index (χ2n) is 6.28. The largest absolute Gasteiger partial charge is 0.496 e. The first kappa shape index (κ1) is 15.8. The number of hydrogen-bond donors (Lipinski definition) is 2. The molecule has 1 aliphatic carbocycles. The van der Waals surface area contributed by atoms with Crippen LogP contribution in [0.15, 0.2) is 18.2 Å². The monoisotopic (exact) mass is 290 g/mol. The van der Waals surface area contributed by atoms with Crippen LogP contribution in [0.1, 0.15) is 56.2 Å². The van der Waals surface area contributed by atoms with Gasteiger partial charge in [-0.25, -0.2) is 0 Å². The summed E-state index contributed by atoms with van der Waals surface area (Å²) < 4.78 is 5.38. The van der Waals surface area contributed by atoms with E-state index in [2.05, 4.69) is 11.4 Å². The Morgan fingerprint density at radius 1 is 1.43 bits per heavy atom. The second-order valence-corrected chi connectivity index (χ2v) is 6.28. The number of amides is 1. The molecule has 116 valence electrons. The minimum absolute atomic E-state index is 0.0236. The van der Waals surface area contributed by atoms with Crippen LogP contribution in [-0.4, -0.2) is 18.6 Å². The normalized spacial score (nSPS) is 18.3. The molecule has 1 saturated carbocycles. The predicted octanol–water partition coefficient (Wildman–Crippen LogP) is 2.84. The summed E-state index contributed by atoms with van der Waals surface area (Å²) in [6.07, 6.45) is 4.56. The van der Waals surface area contributed by atoms with E-state index in [-0.39, 0.29) is 17.5 Å². The molecule has 4 nitrogen and oxygen atoms in total. The van der Waals surface area contributed by atoms with E-state index in [1.807, 2.05) is 26.0 Å². The number of nitrogens with one attached hydrogen (secondary N) is 1. The van der Waals surface area contributed by atoms with Crippen LogP contribution in [0.25, 0.3) is 0 Å². The Bertz CT molecular complexity index is 508. The van der Waals surface area contributed by atoms with Gasteiger partial charge in [0.15, 0.2) is 0 Å². The summed E-state index contributed by atoms with van der Waals surface area (Å²) in [5.74, 6) is 0.826. The fourth-order valence-electron chi connectivity index (χ4n) is 3.14. The lowest BCUT2D eigenvalue weighted by atomic mass is 9.94. The van der Waals surface area contributed by atoms with Gasteiger partial charge in [0.1, 0.15) is 5.75 Å². The van der Waals surface area contributed by atoms with Gasteiger partial charge in [0.2, 0.25) is 5.91 Å². The molecular weight excluding hydrogens is 264 g/mol. The van der Waals surface area contributed by atoms with Crippen molar-refractivity contribution < 1.29 is 9.53 Å². The van der Waals surface area contributed by atoms with E-state index >= 15 is 0 Å². The quantitative estimate of drug-likeness (QED) is 0.876. The van der Waals surface area contributed by atoms with Crippen LogP contribution in [0.2, 0.25) is 0 Å². The van der Waals surface area contributed by atoms with Crippen LogP contribution in [0.5, 0.6) is 5.75 Å². The second kappa shape index (κ2) is 6.48. The molecule has 1 aliphatic rings. The highest BCUT2D eigenvalue weighted by Gasteiger charge is 2.32. The molecule has 0 heterocycles. The molecule has 1 aromatic rings. The van der Waals surface area contributed by atoms with Crippen molar-refractivity contribution in [1.82, 2.24) is 5.32 Å². The van der Waals surface area contributed by atoms with Gasteiger partial charge < -0.3 is 15.8 Å². The first-order chi connectivity index (χ1) is 9.93. The van der Waals surface area contributed by atoms with Gasteiger partial charge in [-0.2, -0.15) is 0 Å². The smallest absolute Gasteiger partial charge is 0.222 e. The van der Waals surface area contributed by atoms with Crippen molar-refractivity contribution in [2.75, 3.05) is 7.11 Å². The Morgan fingerprint density at radius 2 is 2.10 bits per heavy atom. The fourth-order valence-corrected chi connectivity index (χ4v) is 3.14. The van der Waals surface area contributed by atoms with Gasteiger partial charge in [0, 0.05) is 17.5 Å². The summed E-state index contributed by atoms with van der Waals surface area (Å²) >= 11 is 0. The molecule has 4 heteroatoms. The van der Waals surface area contributed by atoms with Gasteiger partial charge in [-0.3, -0.25) is 4.79 Å². The van der Waals surface area contributed by atoms with Crippen LogP contribution in [0.4, 0.5) is 0 Å². The molecule has 0 saturated heterocycles. The van der Waals surface area contributed by atoms with Gasteiger partial charge in [0.05, 0.1) is 13.2 Å². The van der Waals surface area contributed by atoms with E-state index in [4.69, 9.17) is 10.5 Å². The summed E-state index contributed by atoms with van der Waals surface area (Å²) in [6, 6.07) is 5.91. The van der Waals surface area contributed by atoms with Crippen LogP contribution < -0.4 is 15.8 Å². The summed E-state index contributed by atoms with van der Waals surface area (Å²) in [5.41, 5.74) is 8.12. The molecule has 3 N–H and O–H groups in total. The molecule has 0 radical (unpaired) electrons. The zero-order chi connectivity index (χ0) is 15.5. The van der Waals surface area contributed by atoms with Crippen molar-refractivity contribution in [3.05, 3.63) is 29.3 Å². The third-order valence-corrected chi connectivity index (χ3v) is 4.34. The van der Waals surface area contributed by atoms with Crippen LogP contribution in [0, 0.1) is 6.92 Å².